The Morgan fingerprint density at radius 3 is 1.13 bits per heavy atom. The van der Waals surface area contributed by atoms with Crippen molar-refractivity contribution in [2.75, 3.05) is 13.2 Å². The number of carbonyl (C=O) groups excluding carboxylic acids is 2. The Labute approximate surface area is 574 Å². The molecule has 8 unspecified atom stereocenters. The van der Waals surface area contributed by atoms with Crippen LogP contribution >= 0.6 is 0 Å². The largest absolute Gasteiger partial charge is 0.454 e. The first-order chi connectivity index (χ1) is 45.7. The number of esters is 1. The van der Waals surface area contributed by atoms with E-state index in [-0.39, 0.29) is 13.0 Å². The third kappa shape index (κ3) is 56.2. The Bertz CT molecular complexity index is 1700. The van der Waals surface area contributed by atoms with Crippen LogP contribution in [0.5, 0.6) is 0 Å². The van der Waals surface area contributed by atoms with Gasteiger partial charge in [-0.05, 0) is 83.5 Å². The van der Waals surface area contributed by atoms with Gasteiger partial charge in [0, 0.05) is 6.42 Å². The van der Waals surface area contributed by atoms with Gasteiger partial charge in [0.2, 0.25) is 5.91 Å². The van der Waals surface area contributed by atoms with Crippen LogP contribution in [0, 0.1) is 0 Å². The molecular formula is C82H153NO10. The molecule has 1 saturated heterocycles. The molecule has 1 heterocycles. The molecule has 0 aromatic heterocycles. The number of aliphatic hydroxyl groups excluding tert-OH is 5. The third-order valence-electron chi connectivity index (χ3n) is 19.2. The molecule has 0 spiro atoms. The van der Waals surface area contributed by atoms with E-state index in [1.807, 2.05) is 6.08 Å². The second-order valence-corrected chi connectivity index (χ2v) is 28.1. The molecule has 11 nitrogen and oxygen atoms in total. The lowest BCUT2D eigenvalue weighted by molar-refractivity contribution is -0.305. The van der Waals surface area contributed by atoms with E-state index in [4.69, 9.17) is 14.2 Å². The van der Waals surface area contributed by atoms with Gasteiger partial charge < -0.3 is 45.1 Å². The highest BCUT2D eigenvalue weighted by atomic mass is 16.7. The van der Waals surface area contributed by atoms with Crippen molar-refractivity contribution in [1.29, 1.82) is 0 Å². The zero-order valence-corrected chi connectivity index (χ0v) is 61.1. The molecule has 0 bridgehead atoms. The van der Waals surface area contributed by atoms with Crippen molar-refractivity contribution in [3.63, 3.8) is 0 Å². The van der Waals surface area contributed by atoms with Crippen LogP contribution in [0.25, 0.3) is 0 Å². The van der Waals surface area contributed by atoms with Gasteiger partial charge in [-0.25, -0.2) is 0 Å². The maximum Gasteiger partial charge on any atom is 0.306 e. The molecule has 93 heavy (non-hydrogen) atoms. The average Bonchev–Trinajstić information content (AvgIpc) is 0.842. The van der Waals surface area contributed by atoms with E-state index in [0.717, 1.165) is 64.2 Å². The fraction of sp³-hybridized carbons (Fsp3) is 0.878. The molecule has 6 N–H and O–H groups in total. The molecule has 1 amide bonds. The highest BCUT2D eigenvalue weighted by Crippen LogP contribution is 2.27. The minimum absolute atomic E-state index is 0.127. The fourth-order valence-electron chi connectivity index (χ4n) is 12.9. The molecule has 0 aromatic carbocycles. The van der Waals surface area contributed by atoms with Crippen LogP contribution in [0.4, 0.5) is 0 Å². The van der Waals surface area contributed by atoms with Gasteiger partial charge in [0.25, 0.3) is 0 Å². The first-order valence-electron chi connectivity index (χ1n) is 40.4. The second kappa shape index (κ2) is 69.5. The average molecular weight is 1310 g/mol. The lowest BCUT2D eigenvalue weighted by atomic mass is 9.99. The number of hydrogen-bond acceptors (Lipinski definition) is 10. The molecular weight excluding hydrogens is 1160 g/mol. The highest BCUT2D eigenvalue weighted by molar-refractivity contribution is 5.80. The van der Waals surface area contributed by atoms with Crippen molar-refractivity contribution in [2.24, 2.45) is 0 Å². The number of ether oxygens (including phenoxy) is 3. The number of hydrogen-bond donors (Lipinski definition) is 6. The molecule has 1 rings (SSSR count). The van der Waals surface area contributed by atoms with Crippen molar-refractivity contribution in [2.45, 2.75) is 449 Å². The van der Waals surface area contributed by atoms with Gasteiger partial charge in [-0.3, -0.25) is 9.59 Å². The number of rotatable bonds is 71. The molecule has 8 atom stereocenters. The molecule has 0 aromatic rings. The normalized spacial score (nSPS) is 18.0. The maximum absolute atomic E-state index is 13.5. The lowest BCUT2D eigenvalue weighted by Gasteiger charge is -2.41. The van der Waals surface area contributed by atoms with Crippen LogP contribution in [-0.4, -0.2) is 99.6 Å². The smallest absolute Gasteiger partial charge is 0.306 e. The van der Waals surface area contributed by atoms with Crippen LogP contribution in [0.1, 0.15) is 400 Å². The van der Waals surface area contributed by atoms with Crippen LogP contribution in [-0.2, 0) is 23.8 Å². The monoisotopic (exact) mass is 1310 g/mol. The van der Waals surface area contributed by atoms with Gasteiger partial charge >= 0.3 is 5.97 Å². The van der Waals surface area contributed by atoms with Gasteiger partial charge in [0.15, 0.2) is 12.4 Å². The van der Waals surface area contributed by atoms with E-state index in [1.165, 1.54) is 289 Å². The van der Waals surface area contributed by atoms with E-state index < -0.39 is 67.4 Å². The standard InChI is InChI=1S/C82H153NO10/c1-4-7-10-13-16-19-22-24-26-28-30-32-34-36-38-40-42-44-46-48-50-52-55-58-61-64-67-70-77(87)93-80-79(89)78(88)76(71-84)92-82(80)91-72-73(74(85)68-65-62-59-56-53-21-18-15-12-9-6-3)83-81(90)75(86)69-66-63-60-57-54-51-49-47-45-43-41-39-37-35-33-31-29-27-25-23-20-17-14-11-8-5-2/h16,19,24-27,65,68,73-76,78-80,82,84-86,88-89H,4-15,17-18,20-23,28-64,66-67,69-72H2,1-3H3,(H,83,90)/b19-16-,26-24-,27-25+,68-65+. The van der Waals surface area contributed by atoms with Crippen molar-refractivity contribution in [3.05, 3.63) is 48.6 Å². The summed E-state index contributed by atoms with van der Waals surface area (Å²) in [5, 5.41) is 57.4. The van der Waals surface area contributed by atoms with Crippen molar-refractivity contribution < 1.29 is 49.3 Å². The van der Waals surface area contributed by atoms with Crippen LogP contribution in [0.15, 0.2) is 48.6 Å². The summed E-state index contributed by atoms with van der Waals surface area (Å²) in [4.78, 5) is 26.8. The molecule has 1 aliphatic heterocycles. The number of aliphatic hydroxyl groups is 5. The minimum atomic E-state index is -1.61. The highest BCUT2D eigenvalue weighted by Gasteiger charge is 2.47. The fourth-order valence-corrected chi connectivity index (χ4v) is 12.9. The Kier molecular flexibility index (Phi) is 66.3. The predicted octanol–water partition coefficient (Wildman–Crippen LogP) is 21.9. The summed E-state index contributed by atoms with van der Waals surface area (Å²) in [6.07, 6.45) is 78.9. The SMILES string of the molecule is CCCCC/C=C\C/C=C\CCCCCCCCCCCCCCCCCCCC(=O)OC1C(OCC(NC(=O)C(O)CCCCCCCCCCCCCCCCCC/C=C/CCCCCCCC)C(O)/C=C/CCCCCCCCCCC)OC(CO)C(O)C1O. The van der Waals surface area contributed by atoms with Crippen molar-refractivity contribution >= 4 is 11.9 Å². The van der Waals surface area contributed by atoms with Gasteiger partial charge in [0.1, 0.15) is 24.4 Å². The number of allylic oxidation sites excluding steroid dienone is 7. The molecule has 1 fully saturated rings. The summed E-state index contributed by atoms with van der Waals surface area (Å²) in [5.41, 5.74) is 0. The summed E-state index contributed by atoms with van der Waals surface area (Å²) in [6, 6.07) is -1.02. The zero-order valence-electron chi connectivity index (χ0n) is 61.1. The molecule has 0 saturated carbocycles. The van der Waals surface area contributed by atoms with Crippen molar-refractivity contribution in [3.8, 4) is 0 Å². The summed E-state index contributed by atoms with van der Waals surface area (Å²) < 4.78 is 17.8. The van der Waals surface area contributed by atoms with Crippen LogP contribution in [0.2, 0.25) is 0 Å². The maximum atomic E-state index is 13.5. The second-order valence-electron chi connectivity index (χ2n) is 28.1. The third-order valence-corrected chi connectivity index (χ3v) is 19.2. The Balaban J connectivity index is 2.45. The van der Waals surface area contributed by atoms with Crippen LogP contribution < -0.4 is 5.32 Å². The molecule has 546 valence electrons. The van der Waals surface area contributed by atoms with E-state index in [0.29, 0.717) is 19.3 Å². The quantitative estimate of drug-likeness (QED) is 0.0195. The van der Waals surface area contributed by atoms with Gasteiger partial charge in [-0.1, -0.05) is 358 Å². The van der Waals surface area contributed by atoms with E-state index >= 15 is 0 Å². The van der Waals surface area contributed by atoms with E-state index in [9.17, 15) is 35.1 Å². The molecule has 1 aliphatic rings. The van der Waals surface area contributed by atoms with Crippen molar-refractivity contribution in [1.82, 2.24) is 5.32 Å². The number of unbranched alkanes of at least 4 members (excludes halogenated alkanes) is 51. The van der Waals surface area contributed by atoms with E-state index in [2.05, 4.69) is 62.5 Å². The van der Waals surface area contributed by atoms with Gasteiger partial charge in [0.05, 0.1) is 25.4 Å². The predicted molar refractivity (Wildman–Crippen MR) is 394 cm³/mol. The summed E-state index contributed by atoms with van der Waals surface area (Å²) in [7, 11) is 0. The molecule has 0 aliphatic carbocycles. The van der Waals surface area contributed by atoms with E-state index in [1.54, 1.807) is 6.08 Å². The first kappa shape index (κ1) is 88.6. The topological polar surface area (TPSA) is 175 Å². The molecule has 0 radical (unpaired) electrons. The number of amides is 1. The van der Waals surface area contributed by atoms with Crippen LogP contribution in [0.3, 0.4) is 0 Å². The van der Waals surface area contributed by atoms with Gasteiger partial charge in [-0.15, -0.1) is 0 Å². The number of nitrogens with one attached hydrogen (secondary N) is 1. The minimum Gasteiger partial charge on any atom is -0.454 e. The summed E-state index contributed by atoms with van der Waals surface area (Å²) in [5.74, 6) is -1.18. The van der Waals surface area contributed by atoms with Gasteiger partial charge in [-0.2, -0.15) is 0 Å². The zero-order chi connectivity index (χ0) is 67.4. The Morgan fingerprint density at radius 2 is 0.742 bits per heavy atom. The summed E-state index contributed by atoms with van der Waals surface area (Å²) in [6.45, 7) is 5.83. The Hall–Kier alpha value is -2.38. The molecule has 11 heteroatoms. The first-order valence-corrected chi connectivity index (χ1v) is 40.4. The number of carbonyl (C=O) groups is 2. The Morgan fingerprint density at radius 1 is 0.419 bits per heavy atom. The summed E-state index contributed by atoms with van der Waals surface area (Å²) >= 11 is 0. The lowest BCUT2D eigenvalue weighted by Crippen LogP contribution is -2.61.